The van der Waals surface area contributed by atoms with Gasteiger partial charge in [-0.1, -0.05) is 91.0 Å². The minimum Gasteiger partial charge on any atom is -0.508 e. The Bertz CT molecular complexity index is 7470. The van der Waals surface area contributed by atoms with E-state index in [9.17, 15) is 45.8 Å². The van der Waals surface area contributed by atoms with Crippen LogP contribution >= 0.6 is 0 Å². The summed E-state index contributed by atoms with van der Waals surface area (Å²) in [6, 6.07) is 96.8. The third-order valence-corrected chi connectivity index (χ3v) is 22.0. The number of para-hydroxylation sites is 1. The van der Waals surface area contributed by atoms with Crippen molar-refractivity contribution >= 4 is 123 Å². The van der Waals surface area contributed by atoms with Crippen molar-refractivity contribution < 1.29 is 40.9 Å². The molecule has 8 aromatic heterocycles. The average Bonchev–Trinajstić information content (AvgIpc) is 0.791. The first-order chi connectivity index (χ1) is 68.8. The van der Waals surface area contributed by atoms with E-state index in [1.165, 1.54) is 6.07 Å². The highest BCUT2D eigenvalue weighted by Crippen LogP contribution is 2.46. The summed E-state index contributed by atoms with van der Waals surface area (Å²) >= 11 is 0. The lowest BCUT2D eigenvalue weighted by molar-refractivity contribution is 0.452. The SMILES string of the molecule is Nc1ccc(N(Cc2ccccn2)Cc2ccccn2)c(N=Nc2c(O)ccc3cc(O)ccc23)c1.Nc1ccc(N(Cc2ccccn2)Cc2ccccn2)c(N=Nc2c(O)ccc3ccc(O)cc23)c1.Nc1ccc(N(Cc2ccccn2)Cc2ccccn2)c(N=Nc2cc(N=O)c(O)cc2O)c1.Oc1ccc(N=Nc2ccccc2N(Cc2ccccn2)Cc2ccccn2)c2c(O)cccc12. The van der Waals surface area contributed by atoms with Gasteiger partial charge in [-0.25, -0.2) is 0 Å². The molecule has 33 heteroatoms. The Labute approximate surface area is 808 Å². The van der Waals surface area contributed by atoms with Gasteiger partial charge in [0.1, 0.15) is 85.8 Å². The number of fused-ring (bicyclic) bond motifs is 3. The van der Waals surface area contributed by atoms with Gasteiger partial charge in [0.05, 0.1) is 132 Å². The summed E-state index contributed by atoms with van der Waals surface area (Å²) in [5, 5.41) is 123. The van der Waals surface area contributed by atoms with Gasteiger partial charge >= 0.3 is 0 Å². The number of nitroso groups, excluding NO2 is 1. The van der Waals surface area contributed by atoms with Crippen molar-refractivity contribution in [1.82, 2.24) is 39.9 Å². The van der Waals surface area contributed by atoms with Crippen LogP contribution in [-0.2, 0) is 52.4 Å². The summed E-state index contributed by atoms with van der Waals surface area (Å²) in [7, 11) is 0. The van der Waals surface area contributed by atoms with Crippen LogP contribution in [0.25, 0.3) is 32.3 Å². The summed E-state index contributed by atoms with van der Waals surface area (Å²) in [4.78, 5) is 55.1. The highest BCUT2D eigenvalue weighted by Gasteiger charge is 2.23. The number of anilines is 7. The molecule has 11 aromatic carbocycles. The molecule has 0 spiro atoms. The zero-order chi connectivity index (χ0) is 97.8. The number of pyridine rings is 8. The van der Waals surface area contributed by atoms with Crippen molar-refractivity contribution in [3.05, 3.63) is 428 Å². The van der Waals surface area contributed by atoms with Gasteiger partial charge in [0, 0.05) is 94.9 Å². The number of rotatable bonds is 29. The number of phenolic OH excluding ortho intramolecular Hbond substituents is 8. The minimum absolute atomic E-state index is 0.0128. The van der Waals surface area contributed by atoms with E-state index in [-0.39, 0.29) is 57.3 Å². The molecule has 0 bridgehead atoms. The molecule has 0 unspecified atom stereocenters. The molecular weight excluding hydrogens is 1780 g/mol. The summed E-state index contributed by atoms with van der Waals surface area (Å²) in [6.45, 7) is 4.11. The maximum absolute atomic E-state index is 10.9. The van der Waals surface area contributed by atoms with Gasteiger partial charge in [-0.3, -0.25) is 39.9 Å². The molecule has 0 fully saturated rings. The summed E-state index contributed by atoms with van der Waals surface area (Å²) in [5.41, 5.74) is 32.9. The fraction of sp³-hybridized carbons (Fsp3) is 0.0741. The summed E-state index contributed by atoms with van der Waals surface area (Å²) in [5.74, 6) is -0.534. The lowest BCUT2D eigenvalue weighted by atomic mass is 10.1. The van der Waals surface area contributed by atoms with Crippen LogP contribution in [0.4, 0.5) is 91.0 Å². The molecule has 19 rings (SSSR count). The van der Waals surface area contributed by atoms with Gasteiger partial charge in [0.2, 0.25) is 0 Å². The fourth-order valence-corrected chi connectivity index (χ4v) is 15.2. The van der Waals surface area contributed by atoms with Gasteiger partial charge < -0.3 is 77.7 Å². The number of aromatic hydroxyl groups is 8. The second-order valence-corrected chi connectivity index (χ2v) is 31.9. The molecule has 0 atom stereocenters. The summed E-state index contributed by atoms with van der Waals surface area (Å²) < 4.78 is 0. The number of aromatic nitrogens is 8. The van der Waals surface area contributed by atoms with E-state index in [2.05, 4.69) is 101 Å². The molecule has 0 saturated carbocycles. The molecule has 0 aliphatic carbocycles. The largest absolute Gasteiger partial charge is 0.508 e. The first-order valence-electron chi connectivity index (χ1n) is 44.2. The number of azo groups is 4. The highest BCUT2D eigenvalue weighted by atomic mass is 16.3. The maximum atomic E-state index is 10.9. The van der Waals surface area contributed by atoms with Crippen LogP contribution in [0.5, 0.6) is 46.0 Å². The average molecular weight is 1870 g/mol. The van der Waals surface area contributed by atoms with Crippen LogP contribution in [0.1, 0.15) is 45.6 Å². The van der Waals surface area contributed by atoms with Crippen LogP contribution in [0, 0.1) is 4.91 Å². The Morgan fingerprint density at radius 1 is 0.220 bits per heavy atom. The number of nitrogens with zero attached hydrogens (tertiary/aromatic N) is 21. The molecular formula is C108H92N24O9. The van der Waals surface area contributed by atoms with Crippen molar-refractivity contribution in [1.29, 1.82) is 0 Å². The lowest BCUT2D eigenvalue weighted by Gasteiger charge is -2.25. The molecule has 698 valence electrons. The monoisotopic (exact) mass is 1870 g/mol. The number of hydrogen-bond donors (Lipinski definition) is 11. The van der Waals surface area contributed by atoms with Crippen molar-refractivity contribution in [2.24, 2.45) is 46.1 Å². The number of nitrogen functional groups attached to an aromatic ring is 3. The molecule has 19 aromatic rings. The Kier molecular flexibility index (Phi) is 30.8. The molecule has 0 amide bonds. The van der Waals surface area contributed by atoms with E-state index in [1.54, 1.807) is 159 Å². The van der Waals surface area contributed by atoms with Crippen LogP contribution in [0.3, 0.4) is 0 Å². The lowest BCUT2D eigenvalue weighted by Crippen LogP contribution is -2.23. The van der Waals surface area contributed by atoms with E-state index in [4.69, 9.17) is 17.2 Å². The van der Waals surface area contributed by atoms with Crippen molar-refractivity contribution in [3.8, 4) is 46.0 Å². The molecule has 141 heavy (non-hydrogen) atoms. The molecule has 8 heterocycles. The predicted molar refractivity (Wildman–Crippen MR) is 546 cm³/mol. The summed E-state index contributed by atoms with van der Waals surface area (Å²) in [6.07, 6.45) is 14.1. The first kappa shape index (κ1) is 94.6. The molecule has 0 saturated heterocycles. The second kappa shape index (κ2) is 45.9. The van der Waals surface area contributed by atoms with E-state index < -0.39 is 5.75 Å². The molecule has 0 aliphatic heterocycles. The minimum atomic E-state index is -0.451. The van der Waals surface area contributed by atoms with E-state index in [0.717, 1.165) is 85.5 Å². The zero-order valence-corrected chi connectivity index (χ0v) is 75.6. The van der Waals surface area contributed by atoms with Crippen molar-refractivity contribution in [3.63, 3.8) is 0 Å². The third kappa shape index (κ3) is 25.1. The maximum Gasteiger partial charge on any atom is 0.152 e. The fourth-order valence-electron chi connectivity index (χ4n) is 15.2. The Morgan fingerprint density at radius 2 is 0.553 bits per heavy atom. The standard InChI is InChI=1S/2C28H24N6O2.C28H23N5O2.C24H21N7O3/c29-20-8-11-26(34(17-21-5-1-3-13-30-21)18-22-6-2-4-14-31-22)25(16-20)32-33-28-24-10-9-23(35)15-19(24)7-12-27(28)36;29-20-9-11-26(34(17-21-5-1-3-13-30-21)18-22-6-2-4-14-31-22)25(15-20)32-33-28-24-16-23(35)10-7-19(24)8-12-27(28)36;34-26-15-14-24(28-22(26)10-7-13-27(28)35)32-31-23-11-1-2-12-25(23)33(18-20-8-3-5-16-29-20)19-21-9-4-6-17-30-21;25-16-7-8-22(19(11-16)28-29-20-12-21(30-34)24(33)13-23(20)32)31(14-17-5-1-3-9-26-17)15-18-6-2-4-10-27-18/h2*1-16,35-36H,17-18,29H2;1-17,34-35H,18-19H2;1-13,32-33H,14-15,25H2. The van der Waals surface area contributed by atoms with Gasteiger partial charge in [-0.15, -0.1) is 45.8 Å². The quantitative estimate of drug-likeness (QED) is 0.0118. The van der Waals surface area contributed by atoms with Gasteiger partial charge in [-0.2, -0.15) is 0 Å². The second-order valence-electron chi connectivity index (χ2n) is 31.9. The number of hydrogen-bond acceptors (Lipinski definition) is 33. The molecule has 0 radical (unpaired) electrons. The van der Waals surface area contributed by atoms with Crippen LogP contribution in [0.2, 0.25) is 0 Å². The Hall–Kier alpha value is -19.6. The Balaban J connectivity index is 0.000000135. The smallest absolute Gasteiger partial charge is 0.152 e. The van der Waals surface area contributed by atoms with E-state index >= 15 is 0 Å². The van der Waals surface area contributed by atoms with E-state index in [0.29, 0.717) is 131 Å². The normalized spacial score (nSPS) is 11.1. The molecule has 0 aliphatic rings. The van der Waals surface area contributed by atoms with Crippen LogP contribution in [-0.4, -0.2) is 80.7 Å². The molecule has 33 nitrogen and oxygen atoms in total. The number of phenols is 8. The third-order valence-electron chi connectivity index (χ3n) is 22.0. The van der Waals surface area contributed by atoms with Gasteiger partial charge in [0.25, 0.3) is 0 Å². The topological polar surface area (TPSA) is 484 Å². The van der Waals surface area contributed by atoms with E-state index in [1.807, 2.05) is 205 Å². The zero-order valence-electron chi connectivity index (χ0n) is 75.6. The Morgan fingerprint density at radius 3 is 0.965 bits per heavy atom. The van der Waals surface area contributed by atoms with Gasteiger partial charge in [0.15, 0.2) is 5.69 Å². The molecule has 14 N–H and O–H groups in total. The van der Waals surface area contributed by atoms with Crippen LogP contribution < -0.4 is 36.8 Å². The van der Waals surface area contributed by atoms with Crippen LogP contribution in [0.15, 0.2) is 423 Å². The van der Waals surface area contributed by atoms with Crippen molar-refractivity contribution in [2.45, 2.75) is 52.4 Å². The first-order valence-corrected chi connectivity index (χ1v) is 44.2. The predicted octanol–water partition coefficient (Wildman–Crippen LogP) is 24.6. The van der Waals surface area contributed by atoms with Crippen molar-refractivity contribution in [2.75, 3.05) is 36.8 Å². The number of nitrogens with two attached hydrogens (primary N) is 3. The number of benzene rings is 11. The highest BCUT2D eigenvalue weighted by molar-refractivity contribution is 6.01. The van der Waals surface area contributed by atoms with Gasteiger partial charge in [-0.05, 0) is 240 Å².